The lowest BCUT2D eigenvalue weighted by atomic mass is 9.96. The number of likely N-dealkylation sites (tertiary alicyclic amines) is 1. The highest BCUT2D eigenvalue weighted by Crippen LogP contribution is 2.22. The largest absolute Gasteiger partial charge is 0.384 e. The normalized spacial score (nSPS) is 17.1. The molecule has 0 atom stereocenters. The van der Waals surface area contributed by atoms with Gasteiger partial charge in [0, 0.05) is 11.6 Å². The first kappa shape index (κ1) is 14.2. The van der Waals surface area contributed by atoms with Crippen molar-refractivity contribution in [1.82, 2.24) is 4.90 Å². The highest BCUT2D eigenvalue weighted by atomic mass is 35.5. The molecule has 2 rings (SSSR count). The number of nitrogens with zero attached hydrogens (tertiary/aromatic N) is 2. The van der Waals surface area contributed by atoms with Gasteiger partial charge in [-0.25, -0.2) is 0 Å². The molecule has 0 spiro atoms. The van der Waals surface area contributed by atoms with Gasteiger partial charge in [-0.2, -0.15) is 5.26 Å². The van der Waals surface area contributed by atoms with Crippen molar-refractivity contribution in [3.63, 3.8) is 0 Å². The molecule has 0 aromatic heterocycles. The zero-order valence-electron chi connectivity index (χ0n) is 11.3. The zero-order valence-corrected chi connectivity index (χ0v) is 12.1. The van der Waals surface area contributed by atoms with Crippen molar-refractivity contribution in [2.45, 2.75) is 19.8 Å². The highest BCUT2D eigenvalue weighted by molar-refractivity contribution is 6.30. The average Bonchev–Trinajstić information content (AvgIpc) is 2.46. The maximum absolute atomic E-state index is 9.09. The van der Waals surface area contributed by atoms with Crippen molar-refractivity contribution >= 4 is 17.3 Å². The van der Waals surface area contributed by atoms with E-state index in [9.17, 15) is 0 Å². The van der Waals surface area contributed by atoms with Crippen molar-refractivity contribution < 1.29 is 0 Å². The van der Waals surface area contributed by atoms with Crippen LogP contribution in [0.5, 0.6) is 0 Å². The Kier molecular flexibility index (Phi) is 5.07. The van der Waals surface area contributed by atoms with Crippen LogP contribution < -0.4 is 5.32 Å². The van der Waals surface area contributed by atoms with E-state index in [0.717, 1.165) is 18.8 Å². The molecule has 1 aromatic carbocycles. The summed E-state index contributed by atoms with van der Waals surface area (Å²) < 4.78 is 0. The van der Waals surface area contributed by atoms with Crippen molar-refractivity contribution in [2.24, 2.45) is 5.92 Å². The van der Waals surface area contributed by atoms with Crippen LogP contribution >= 0.6 is 11.6 Å². The van der Waals surface area contributed by atoms with Crippen LogP contribution in [-0.2, 0) is 0 Å². The molecule has 0 amide bonds. The molecule has 1 N–H and O–H groups in total. The highest BCUT2D eigenvalue weighted by Gasteiger charge is 2.18. The summed E-state index contributed by atoms with van der Waals surface area (Å²) in [6.45, 7) is 6.68. The molecule has 0 bridgehead atoms. The molecule has 1 heterocycles. The number of hydrogen-bond donors (Lipinski definition) is 1. The molecule has 0 saturated carbocycles. The van der Waals surface area contributed by atoms with Crippen molar-refractivity contribution in [3.05, 3.63) is 28.8 Å². The van der Waals surface area contributed by atoms with E-state index < -0.39 is 0 Å². The number of anilines is 1. The second-order valence-corrected chi connectivity index (χ2v) is 5.50. The molecule has 1 aliphatic rings. The van der Waals surface area contributed by atoms with E-state index in [2.05, 4.69) is 23.2 Å². The van der Waals surface area contributed by atoms with Gasteiger partial charge in [-0.05, 0) is 56.6 Å². The summed E-state index contributed by atoms with van der Waals surface area (Å²) in [4.78, 5) is 2.49. The van der Waals surface area contributed by atoms with Crippen molar-refractivity contribution in [3.8, 4) is 6.07 Å². The van der Waals surface area contributed by atoms with Gasteiger partial charge < -0.3 is 10.2 Å². The smallest absolute Gasteiger partial charge is 0.101 e. The van der Waals surface area contributed by atoms with Gasteiger partial charge in [-0.1, -0.05) is 18.5 Å². The Morgan fingerprint density at radius 3 is 2.79 bits per heavy atom. The molecule has 19 heavy (non-hydrogen) atoms. The lowest BCUT2D eigenvalue weighted by Gasteiger charge is -2.31. The third-order valence-corrected chi connectivity index (χ3v) is 4.07. The van der Waals surface area contributed by atoms with Gasteiger partial charge in [-0.15, -0.1) is 0 Å². The van der Waals surface area contributed by atoms with Crippen LogP contribution in [0.1, 0.15) is 25.3 Å². The maximum atomic E-state index is 9.09. The van der Waals surface area contributed by atoms with E-state index in [0.29, 0.717) is 16.5 Å². The quantitative estimate of drug-likeness (QED) is 0.917. The van der Waals surface area contributed by atoms with Gasteiger partial charge in [-0.3, -0.25) is 0 Å². The fraction of sp³-hybridized carbons (Fsp3) is 0.533. The topological polar surface area (TPSA) is 39.1 Å². The van der Waals surface area contributed by atoms with Gasteiger partial charge in [0.2, 0.25) is 0 Å². The Morgan fingerprint density at radius 2 is 2.16 bits per heavy atom. The Labute approximate surface area is 120 Å². The summed E-state index contributed by atoms with van der Waals surface area (Å²) in [7, 11) is 0. The van der Waals surface area contributed by atoms with E-state index in [-0.39, 0.29) is 0 Å². The van der Waals surface area contributed by atoms with E-state index in [1.54, 1.807) is 6.07 Å². The molecule has 1 fully saturated rings. The molecular weight excluding hydrogens is 258 g/mol. The molecule has 1 saturated heterocycles. The zero-order chi connectivity index (χ0) is 13.7. The number of piperidine rings is 1. The minimum Gasteiger partial charge on any atom is -0.384 e. The number of rotatable bonds is 4. The van der Waals surface area contributed by atoms with E-state index in [1.165, 1.54) is 25.9 Å². The van der Waals surface area contributed by atoms with Crippen molar-refractivity contribution in [1.29, 1.82) is 5.26 Å². The summed E-state index contributed by atoms with van der Waals surface area (Å²) in [6.07, 6.45) is 2.46. The van der Waals surface area contributed by atoms with E-state index in [4.69, 9.17) is 16.9 Å². The molecule has 0 radical (unpaired) electrons. The monoisotopic (exact) mass is 277 g/mol. The first-order valence-electron chi connectivity index (χ1n) is 6.88. The molecule has 3 nitrogen and oxygen atoms in total. The first-order valence-corrected chi connectivity index (χ1v) is 7.26. The summed E-state index contributed by atoms with van der Waals surface area (Å²) in [5, 5.41) is 13.1. The minimum absolute atomic E-state index is 0.610. The number of hydrogen-bond acceptors (Lipinski definition) is 3. The predicted molar refractivity (Wildman–Crippen MR) is 79.5 cm³/mol. The average molecular weight is 278 g/mol. The van der Waals surface area contributed by atoms with Crippen molar-refractivity contribution in [2.75, 3.05) is 31.5 Å². The number of nitrogens with one attached hydrogen (secondary N) is 1. The summed E-state index contributed by atoms with van der Waals surface area (Å²) in [5.41, 5.74) is 1.52. The Bertz CT molecular complexity index is 459. The summed E-state index contributed by atoms with van der Waals surface area (Å²) in [6, 6.07) is 7.61. The number of benzene rings is 1. The van der Waals surface area contributed by atoms with Crippen LogP contribution in [0.4, 0.5) is 5.69 Å². The van der Waals surface area contributed by atoms with Crippen LogP contribution in [0.15, 0.2) is 18.2 Å². The number of nitriles is 1. The lowest BCUT2D eigenvalue weighted by Crippen LogP contribution is -2.35. The Balaban J connectivity index is 1.88. The summed E-state index contributed by atoms with van der Waals surface area (Å²) >= 11 is 5.89. The first-order chi connectivity index (χ1) is 9.22. The predicted octanol–water partition coefficient (Wildman–Crippen LogP) is 3.36. The molecule has 4 heteroatoms. The SMILES string of the molecule is CCN1CCC(CNc2ccc(Cl)cc2C#N)CC1. The van der Waals surface area contributed by atoms with Gasteiger partial charge in [0.15, 0.2) is 0 Å². The van der Waals surface area contributed by atoms with Crippen LogP contribution in [0.2, 0.25) is 5.02 Å². The van der Waals surface area contributed by atoms with E-state index in [1.807, 2.05) is 12.1 Å². The molecule has 0 aliphatic carbocycles. The number of halogens is 1. The second-order valence-electron chi connectivity index (χ2n) is 5.06. The van der Waals surface area contributed by atoms with Crippen LogP contribution in [0, 0.1) is 17.2 Å². The fourth-order valence-corrected chi connectivity index (χ4v) is 2.70. The molecular formula is C15H20ClN3. The van der Waals surface area contributed by atoms with E-state index >= 15 is 0 Å². The standard InChI is InChI=1S/C15H20ClN3/c1-2-19-7-5-12(6-8-19)11-18-15-4-3-14(16)9-13(15)10-17/h3-4,9,12,18H,2,5-8,11H2,1H3. The van der Waals surface area contributed by atoms with Gasteiger partial charge >= 0.3 is 0 Å². The molecule has 1 aromatic rings. The summed E-state index contributed by atoms with van der Waals surface area (Å²) in [5.74, 6) is 0.699. The van der Waals surface area contributed by atoms with Crippen LogP contribution in [0.3, 0.4) is 0 Å². The second kappa shape index (κ2) is 6.79. The fourth-order valence-electron chi connectivity index (χ4n) is 2.52. The third kappa shape index (κ3) is 3.86. The van der Waals surface area contributed by atoms with Crippen LogP contribution in [-0.4, -0.2) is 31.1 Å². The minimum atomic E-state index is 0.610. The molecule has 0 unspecified atom stereocenters. The third-order valence-electron chi connectivity index (χ3n) is 3.84. The maximum Gasteiger partial charge on any atom is 0.101 e. The van der Waals surface area contributed by atoms with Gasteiger partial charge in [0.05, 0.1) is 11.3 Å². The van der Waals surface area contributed by atoms with Gasteiger partial charge in [0.25, 0.3) is 0 Å². The Morgan fingerprint density at radius 1 is 1.42 bits per heavy atom. The lowest BCUT2D eigenvalue weighted by molar-refractivity contribution is 0.198. The molecule has 102 valence electrons. The Hall–Kier alpha value is -1.24. The molecule has 1 aliphatic heterocycles. The van der Waals surface area contributed by atoms with Crippen LogP contribution in [0.25, 0.3) is 0 Å². The van der Waals surface area contributed by atoms with Gasteiger partial charge in [0.1, 0.15) is 6.07 Å².